The molecule has 2 amide bonds. The van der Waals surface area contributed by atoms with Gasteiger partial charge >= 0.3 is 6.03 Å². The minimum Gasteiger partial charge on any atom is -0.399 e. The van der Waals surface area contributed by atoms with Crippen molar-refractivity contribution in [1.82, 2.24) is 9.62 Å². The molecule has 1 fully saturated rings. The van der Waals surface area contributed by atoms with Gasteiger partial charge in [-0.05, 0) is 35.7 Å². The molecule has 1 heterocycles. The third-order valence-electron chi connectivity index (χ3n) is 4.16. The molecule has 1 atom stereocenters. The number of nitrogens with one attached hydrogen (secondary N) is 1. The topological polar surface area (TPSA) is 92.5 Å². The number of rotatable bonds is 4. The van der Waals surface area contributed by atoms with Gasteiger partial charge < -0.3 is 11.1 Å². The van der Waals surface area contributed by atoms with Crippen molar-refractivity contribution in [2.75, 3.05) is 12.3 Å². The molecule has 126 valence electrons. The minimum absolute atomic E-state index is 0.0665. The Bertz CT molecular complexity index is 866. The van der Waals surface area contributed by atoms with Crippen LogP contribution in [0.5, 0.6) is 0 Å². The molecular weight excluding hydrogens is 326 g/mol. The second-order valence-corrected chi connectivity index (χ2v) is 7.53. The van der Waals surface area contributed by atoms with E-state index in [1.165, 1.54) is 12.1 Å². The number of nitrogens with two attached hydrogens (primary N) is 1. The van der Waals surface area contributed by atoms with Gasteiger partial charge in [0.25, 0.3) is 10.0 Å². The highest BCUT2D eigenvalue weighted by molar-refractivity contribution is 7.89. The number of urea groups is 1. The van der Waals surface area contributed by atoms with Gasteiger partial charge in [-0.3, -0.25) is 0 Å². The molecule has 0 saturated carbocycles. The van der Waals surface area contributed by atoms with Crippen LogP contribution in [0.1, 0.15) is 24.1 Å². The molecule has 0 aromatic heterocycles. The Morgan fingerprint density at radius 2 is 1.92 bits per heavy atom. The Hall–Kier alpha value is -2.54. The van der Waals surface area contributed by atoms with E-state index in [0.717, 1.165) is 15.4 Å². The molecule has 2 aromatic carbocycles. The van der Waals surface area contributed by atoms with E-state index in [-0.39, 0.29) is 17.5 Å². The summed E-state index contributed by atoms with van der Waals surface area (Å²) in [6.45, 7) is 1.97. The number of sulfonamides is 1. The maximum atomic E-state index is 12.8. The van der Waals surface area contributed by atoms with Gasteiger partial charge in [0.15, 0.2) is 0 Å². The highest BCUT2D eigenvalue weighted by Crippen LogP contribution is 2.27. The fourth-order valence-corrected chi connectivity index (χ4v) is 4.17. The lowest BCUT2D eigenvalue weighted by Crippen LogP contribution is -2.34. The molecule has 7 heteroatoms. The maximum Gasteiger partial charge on any atom is 0.331 e. The fraction of sp³-hybridized carbons (Fsp3) is 0.235. The van der Waals surface area contributed by atoms with Crippen molar-refractivity contribution >= 4 is 21.7 Å². The summed E-state index contributed by atoms with van der Waals surface area (Å²) in [4.78, 5) is 12.3. The minimum atomic E-state index is -3.91. The molecule has 2 aromatic rings. The normalized spacial score (nSPS) is 17.8. The zero-order valence-electron chi connectivity index (χ0n) is 13.3. The molecule has 0 bridgehead atoms. The zero-order chi connectivity index (χ0) is 17.3. The Morgan fingerprint density at radius 1 is 1.21 bits per heavy atom. The lowest BCUT2D eigenvalue weighted by atomic mass is 10.1. The predicted molar refractivity (Wildman–Crippen MR) is 91.8 cm³/mol. The summed E-state index contributed by atoms with van der Waals surface area (Å²) in [5, 5.41) is 2.72. The van der Waals surface area contributed by atoms with Crippen LogP contribution in [-0.4, -0.2) is 25.3 Å². The van der Waals surface area contributed by atoms with Crippen molar-refractivity contribution in [1.29, 1.82) is 0 Å². The second-order valence-electron chi connectivity index (χ2n) is 5.66. The number of aryl methyl sites for hydroxylation is 1. The van der Waals surface area contributed by atoms with Gasteiger partial charge in [-0.25, -0.2) is 17.5 Å². The highest BCUT2D eigenvalue weighted by Gasteiger charge is 2.38. The van der Waals surface area contributed by atoms with E-state index in [2.05, 4.69) is 5.32 Å². The summed E-state index contributed by atoms with van der Waals surface area (Å²) in [5.41, 5.74) is 8.00. The van der Waals surface area contributed by atoms with Crippen molar-refractivity contribution in [3.05, 3.63) is 59.7 Å². The van der Waals surface area contributed by atoms with Crippen molar-refractivity contribution < 1.29 is 13.2 Å². The quantitative estimate of drug-likeness (QED) is 0.832. The lowest BCUT2D eigenvalue weighted by Gasteiger charge is -2.16. The van der Waals surface area contributed by atoms with Gasteiger partial charge in [0.2, 0.25) is 0 Å². The van der Waals surface area contributed by atoms with E-state index in [9.17, 15) is 13.2 Å². The van der Waals surface area contributed by atoms with Crippen LogP contribution >= 0.6 is 0 Å². The van der Waals surface area contributed by atoms with E-state index < -0.39 is 16.1 Å². The smallest absolute Gasteiger partial charge is 0.331 e. The van der Waals surface area contributed by atoms with Crippen molar-refractivity contribution in [3.8, 4) is 0 Å². The van der Waals surface area contributed by atoms with Gasteiger partial charge in [0, 0.05) is 5.69 Å². The number of nitrogen functional groups attached to an aromatic ring is 1. The molecule has 24 heavy (non-hydrogen) atoms. The summed E-state index contributed by atoms with van der Waals surface area (Å²) in [7, 11) is -3.91. The molecule has 3 N–H and O–H groups in total. The van der Waals surface area contributed by atoms with Crippen LogP contribution in [0, 0.1) is 0 Å². The first-order chi connectivity index (χ1) is 11.4. The van der Waals surface area contributed by atoms with Gasteiger partial charge in [0.1, 0.15) is 0 Å². The summed E-state index contributed by atoms with van der Waals surface area (Å²) >= 11 is 0. The van der Waals surface area contributed by atoms with Crippen LogP contribution in [0.3, 0.4) is 0 Å². The first-order valence-corrected chi connectivity index (χ1v) is 9.14. The third kappa shape index (κ3) is 2.82. The Kier molecular flexibility index (Phi) is 4.19. The standard InChI is InChI=1S/C17H19N3O3S/c1-2-12-10-14(8-9-15(12)18)24(22,23)20-11-16(19-17(20)21)13-6-4-3-5-7-13/h3-10,16H,2,11,18H2,1H3,(H,19,21)/t16-/m1/s1. The number of anilines is 1. The number of hydrogen-bond acceptors (Lipinski definition) is 4. The SMILES string of the molecule is CCc1cc(S(=O)(=O)N2C[C@H](c3ccccc3)NC2=O)ccc1N. The summed E-state index contributed by atoms with van der Waals surface area (Å²) in [6.07, 6.45) is 0.619. The molecule has 1 aliphatic rings. The van der Waals surface area contributed by atoms with Crippen LogP contribution in [-0.2, 0) is 16.4 Å². The van der Waals surface area contributed by atoms with Gasteiger partial charge in [-0.2, -0.15) is 0 Å². The van der Waals surface area contributed by atoms with Gasteiger partial charge in [0.05, 0.1) is 17.5 Å². The molecule has 6 nitrogen and oxygen atoms in total. The number of hydrogen-bond donors (Lipinski definition) is 2. The van der Waals surface area contributed by atoms with Crippen LogP contribution in [0.25, 0.3) is 0 Å². The van der Waals surface area contributed by atoms with Crippen molar-refractivity contribution in [2.45, 2.75) is 24.3 Å². The third-order valence-corrected chi connectivity index (χ3v) is 5.90. The zero-order valence-corrected chi connectivity index (χ0v) is 14.1. The average Bonchev–Trinajstić information content (AvgIpc) is 2.98. The molecule has 1 aliphatic heterocycles. The Balaban J connectivity index is 1.92. The van der Waals surface area contributed by atoms with Crippen molar-refractivity contribution in [2.24, 2.45) is 0 Å². The van der Waals surface area contributed by atoms with E-state index in [1.54, 1.807) is 6.07 Å². The van der Waals surface area contributed by atoms with E-state index in [0.29, 0.717) is 12.1 Å². The predicted octanol–water partition coefficient (Wildman–Crippen LogP) is 2.29. The molecule has 0 radical (unpaired) electrons. The van der Waals surface area contributed by atoms with E-state index in [4.69, 9.17) is 5.73 Å². The number of carbonyl (C=O) groups is 1. The summed E-state index contributed by atoms with van der Waals surface area (Å²) in [5.74, 6) is 0. The van der Waals surface area contributed by atoms with Crippen LogP contribution in [0.2, 0.25) is 0 Å². The average molecular weight is 345 g/mol. The fourth-order valence-electron chi connectivity index (χ4n) is 2.77. The van der Waals surface area contributed by atoms with Crippen LogP contribution in [0.4, 0.5) is 10.5 Å². The molecular formula is C17H19N3O3S. The first kappa shape index (κ1) is 16.3. The van der Waals surface area contributed by atoms with Gasteiger partial charge in [-0.15, -0.1) is 0 Å². The molecule has 0 unspecified atom stereocenters. The molecule has 0 aliphatic carbocycles. The molecule has 3 rings (SSSR count). The summed E-state index contributed by atoms with van der Waals surface area (Å²) < 4.78 is 26.5. The van der Waals surface area contributed by atoms with E-state index in [1.807, 2.05) is 37.3 Å². The van der Waals surface area contributed by atoms with Crippen molar-refractivity contribution in [3.63, 3.8) is 0 Å². The second kappa shape index (κ2) is 6.16. The maximum absolute atomic E-state index is 12.8. The highest BCUT2D eigenvalue weighted by atomic mass is 32.2. The van der Waals surface area contributed by atoms with Gasteiger partial charge in [-0.1, -0.05) is 37.3 Å². The number of carbonyl (C=O) groups excluding carboxylic acids is 1. The number of benzene rings is 2. The molecule has 0 spiro atoms. The monoisotopic (exact) mass is 345 g/mol. The van der Waals surface area contributed by atoms with E-state index >= 15 is 0 Å². The number of amides is 2. The largest absolute Gasteiger partial charge is 0.399 e. The first-order valence-electron chi connectivity index (χ1n) is 7.70. The summed E-state index contributed by atoms with van der Waals surface area (Å²) in [6, 6.07) is 12.9. The Morgan fingerprint density at radius 3 is 2.58 bits per heavy atom. The number of nitrogens with zero attached hydrogens (tertiary/aromatic N) is 1. The van der Waals surface area contributed by atoms with Crippen LogP contribution in [0.15, 0.2) is 53.4 Å². The lowest BCUT2D eigenvalue weighted by molar-refractivity contribution is 0.235. The molecule has 1 saturated heterocycles. The Labute approximate surface area is 141 Å². The van der Waals surface area contributed by atoms with Crippen LogP contribution < -0.4 is 11.1 Å².